The van der Waals surface area contributed by atoms with Gasteiger partial charge in [-0.25, -0.2) is 4.68 Å². The van der Waals surface area contributed by atoms with Crippen molar-refractivity contribution in [1.29, 1.82) is 0 Å². The van der Waals surface area contributed by atoms with Gasteiger partial charge in [0.15, 0.2) is 0 Å². The van der Waals surface area contributed by atoms with Gasteiger partial charge in [-0.15, -0.1) is 0 Å². The molecule has 4 rings (SSSR count). The van der Waals surface area contributed by atoms with Crippen LogP contribution in [0.2, 0.25) is 0 Å². The Morgan fingerprint density at radius 1 is 1.14 bits per heavy atom. The maximum absolute atomic E-state index is 12.6. The molecule has 1 atom stereocenters. The predicted octanol–water partition coefficient (Wildman–Crippen LogP) is 3.77. The fraction of sp³-hybridized carbons (Fsp3) is 0.522. The molecule has 5 nitrogen and oxygen atoms in total. The van der Waals surface area contributed by atoms with E-state index in [0.29, 0.717) is 17.9 Å². The van der Waals surface area contributed by atoms with Gasteiger partial charge in [0.05, 0.1) is 11.7 Å². The quantitative estimate of drug-likeness (QED) is 0.879. The number of nitrogens with zero attached hydrogens (tertiary/aromatic N) is 2. The van der Waals surface area contributed by atoms with Gasteiger partial charge in [-0.1, -0.05) is 38.8 Å². The predicted molar refractivity (Wildman–Crippen MR) is 110 cm³/mol. The highest BCUT2D eigenvalue weighted by Crippen LogP contribution is 2.28. The third-order valence-electron chi connectivity index (χ3n) is 6.16. The van der Waals surface area contributed by atoms with E-state index in [-0.39, 0.29) is 23.6 Å². The van der Waals surface area contributed by atoms with E-state index >= 15 is 0 Å². The Kier molecular flexibility index (Phi) is 5.33. The van der Waals surface area contributed by atoms with Crippen molar-refractivity contribution in [3.05, 3.63) is 63.1 Å². The third kappa shape index (κ3) is 3.89. The summed E-state index contributed by atoms with van der Waals surface area (Å²) in [4.78, 5) is 25.1. The first-order valence-corrected chi connectivity index (χ1v) is 10.5. The minimum Gasteiger partial charge on any atom is -0.349 e. The van der Waals surface area contributed by atoms with E-state index in [1.165, 1.54) is 18.4 Å². The van der Waals surface area contributed by atoms with Crippen LogP contribution in [0.5, 0.6) is 0 Å². The van der Waals surface area contributed by atoms with E-state index in [9.17, 15) is 9.59 Å². The fourth-order valence-corrected chi connectivity index (χ4v) is 4.43. The van der Waals surface area contributed by atoms with Crippen LogP contribution in [-0.2, 0) is 12.8 Å². The molecule has 28 heavy (non-hydrogen) atoms. The van der Waals surface area contributed by atoms with E-state index in [1.807, 2.05) is 24.3 Å². The number of benzene rings is 1. The van der Waals surface area contributed by atoms with Crippen molar-refractivity contribution in [3.63, 3.8) is 0 Å². The number of aromatic nitrogens is 2. The summed E-state index contributed by atoms with van der Waals surface area (Å²) in [5.74, 6) is 0.406. The maximum atomic E-state index is 12.6. The summed E-state index contributed by atoms with van der Waals surface area (Å²) < 4.78 is 1.71. The van der Waals surface area contributed by atoms with Gasteiger partial charge >= 0.3 is 0 Å². The molecule has 0 radical (unpaired) electrons. The molecule has 1 unspecified atom stereocenters. The summed E-state index contributed by atoms with van der Waals surface area (Å²) in [6.45, 7) is 4.28. The summed E-state index contributed by atoms with van der Waals surface area (Å²) in [5.41, 5.74) is 3.93. The summed E-state index contributed by atoms with van der Waals surface area (Å²) >= 11 is 0. The second-order valence-corrected chi connectivity index (χ2v) is 8.53. The molecular formula is C23H29N3O2. The maximum Gasteiger partial charge on any atom is 0.267 e. The number of carbonyl (C=O) groups excluding carboxylic acids is 1. The van der Waals surface area contributed by atoms with Crippen molar-refractivity contribution in [1.82, 2.24) is 15.1 Å². The van der Waals surface area contributed by atoms with E-state index in [0.717, 1.165) is 36.9 Å². The van der Waals surface area contributed by atoms with Crippen LogP contribution in [0.1, 0.15) is 85.1 Å². The molecule has 148 valence electrons. The van der Waals surface area contributed by atoms with Crippen molar-refractivity contribution in [3.8, 4) is 0 Å². The second kappa shape index (κ2) is 7.90. The first-order chi connectivity index (χ1) is 13.5. The average Bonchev–Trinajstić information content (AvgIpc) is 3.22. The van der Waals surface area contributed by atoms with E-state index in [2.05, 4.69) is 24.3 Å². The van der Waals surface area contributed by atoms with Crippen LogP contribution in [0.4, 0.5) is 0 Å². The monoisotopic (exact) mass is 379 g/mol. The highest BCUT2D eigenvalue weighted by Gasteiger charge is 2.25. The molecule has 1 saturated carbocycles. The van der Waals surface area contributed by atoms with Crippen molar-refractivity contribution in [2.75, 3.05) is 0 Å². The number of hydrogen-bond donors (Lipinski definition) is 1. The van der Waals surface area contributed by atoms with E-state index in [4.69, 9.17) is 0 Å². The van der Waals surface area contributed by atoms with E-state index < -0.39 is 0 Å². The van der Waals surface area contributed by atoms with Crippen LogP contribution in [-0.4, -0.2) is 21.7 Å². The number of nitrogens with one attached hydrogen (secondary N) is 1. The van der Waals surface area contributed by atoms with Crippen molar-refractivity contribution < 1.29 is 4.79 Å². The molecule has 2 aliphatic carbocycles. The molecule has 0 aliphatic heterocycles. The van der Waals surface area contributed by atoms with Crippen molar-refractivity contribution in [2.24, 2.45) is 0 Å². The Bertz CT molecular complexity index is 908. The normalized spacial score (nSPS) is 19.6. The number of amides is 1. The van der Waals surface area contributed by atoms with Crippen molar-refractivity contribution >= 4 is 5.91 Å². The lowest BCUT2D eigenvalue weighted by Gasteiger charge is -2.26. The molecular weight excluding hydrogens is 350 g/mol. The van der Waals surface area contributed by atoms with E-state index in [1.54, 1.807) is 10.7 Å². The van der Waals surface area contributed by atoms with Gasteiger partial charge in [-0.3, -0.25) is 9.59 Å². The van der Waals surface area contributed by atoms with Crippen LogP contribution < -0.4 is 10.9 Å². The van der Waals surface area contributed by atoms with Crippen LogP contribution in [0.25, 0.3) is 0 Å². The van der Waals surface area contributed by atoms with Crippen molar-refractivity contribution in [2.45, 2.75) is 76.8 Å². The molecule has 1 aromatic carbocycles. The number of carbonyl (C=O) groups is 1. The Morgan fingerprint density at radius 3 is 2.54 bits per heavy atom. The zero-order valence-corrected chi connectivity index (χ0v) is 16.8. The van der Waals surface area contributed by atoms with Gasteiger partial charge in [0.25, 0.3) is 11.5 Å². The zero-order valence-electron chi connectivity index (χ0n) is 16.8. The largest absolute Gasteiger partial charge is 0.349 e. The summed E-state index contributed by atoms with van der Waals surface area (Å²) in [7, 11) is 0. The van der Waals surface area contributed by atoms with Gasteiger partial charge in [-0.2, -0.15) is 5.10 Å². The standard InChI is InChI=1S/C23H29N3O2/c1-15(2)16-7-9-17(10-8-16)23(28)24-19-11-12-21-18(13-19)14-22(27)26(25-21)20-5-3-4-6-20/h7-10,14-15,19-20H,3-6,11-13H2,1-2H3,(H,24,28). The minimum atomic E-state index is -0.0454. The smallest absolute Gasteiger partial charge is 0.267 e. The average molecular weight is 380 g/mol. The second-order valence-electron chi connectivity index (χ2n) is 8.53. The Balaban J connectivity index is 1.44. The van der Waals surface area contributed by atoms with Crippen LogP contribution in [0.15, 0.2) is 35.1 Å². The first-order valence-electron chi connectivity index (χ1n) is 10.5. The lowest BCUT2D eigenvalue weighted by Crippen LogP contribution is -2.40. The Morgan fingerprint density at radius 2 is 1.86 bits per heavy atom. The Hall–Kier alpha value is -2.43. The molecule has 1 heterocycles. The molecule has 1 amide bonds. The number of rotatable bonds is 4. The molecule has 1 aromatic heterocycles. The van der Waals surface area contributed by atoms with Gasteiger partial charge in [0, 0.05) is 17.7 Å². The fourth-order valence-electron chi connectivity index (χ4n) is 4.43. The van der Waals surface area contributed by atoms with Crippen LogP contribution in [0, 0.1) is 0 Å². The van der Waals surface area contributed by atoms with Gasteiger partial charge in [0.1, 0.15) is 0 Å². The number of hydrogen-bond acceptors (Lipinski definition) is 3. The molecule has 0 saturated heterocycles. The van der Waals surface area contributed by atoms with Crippen LogP contribution in [0.3, 0.4) is 0 Å². The lowest BCUT2D eigenvalue weighted by molar-refractivity contribution is 0.0933. The molecule has 2 aliphatic rings. The molecule has 1 fully saturated rings. The summed E-state index contributed by atoms with van der Waals surface area (Å²) in [6, 6.07) is 9.89. The molecule has 2 aromatic rings. The first kappa shape index (κ1) is 18.9. The number of aryl methyl sites for hydroxylation is 1. The van der Waals surface area contributed by atoms with Gasteiger partial charge < -0.3 is 5.32 Å². The Labute approximate surface area is 166 Å². The molecule has 0 spiro atoms. The highest BCUT2D eigenvalue weighted by atomic mass is 16.1. The number of fused-ring (bicyclic) bond motifs is 1. The minimum absolute atomic E-state index is 0.00176. The molecule has 1 N–H and O–H groups in total. The lowest BCUT2D eigenvalue weighted by atomic mass is 9.92. The SMILES string of the molecule is CC(C)c1ccc(C(=O)NC2CCc3nn(C4CCCC4)c(=O)cc3C2)cc1. The molecule has 0 bridgehead atoms. The van der Waals surface area contributed by atoms with Gasteiger partial charge in [-0.05, 0) is 61.3 Å². The van der Waals surface area contributed by atoms with Gasteiger partial charge in [0.2, 0.25) is 0 Å². The zero-order chi connectivity index (χ0) is 19.7. The highest BCUT2D eigenvalue weighted by molar-refractivity contribution is 5.94. The topological polar surface area (TPSA) is 64.0 Å². The summed E-state index contributed by atoms with van der Waals surface area (Å²) in [5, 5.41) is 7.82. The summed E-state index contributed by atoms with van der Waals surface area (Å²) in [6.07, 6.45) is 6.82. The third-order valence-corrected chi connectivity index (χ3v) is 6.16. The van der Waals surface area contributed by atoms with Crippen LogP contribution >= 0.6 is 0 Å². The molecule has 5 heteroatoms.